The minimum atomic E-state index is -3.06. The Hall–Kier alpha value is -0.130. The quantitative estimate of drug-likeness (QED) is 0.818. The molecule has 1 aliphatic heterocycles. The lowest BCUT2D eigenvalue weighted by Crippen LogP contribution is -2.45. The van der Waals surface area contributed by atoms with Crippen LogP contribution in [0, 0.1) is 5.41 Å². The summed E-state index contributed by atoms with van der Waals surface area (Å²) in [7, 11) is -3.06. The van der Waals surface area contributed by atoms with Crippen molar-refractivity contribution in [1.82, 2.24) is 5.32 Å². The van der Waals surface area contributed by atoms with Crippen molar-refractivity contribution < 1.29 is 13.2 Å². The van der Waals surface area contributed by atoms with Crippen LogP contribution in [0.3, 0.4) is 0 Å². The zero-order valence-corrected chi connectivity index (χ0v) is 14.5. The van der Waals surface area contributed by atoms with Gasteiger partial charge in [-0.3, -0.25) is 0 Å². The van der Waals surface area contributed by atoms with E-state index in [2.05, 4.69) is 19.2 Å². The van der Waals surface area contributed by atoms with E-state index in [9.17, 15) is 8.42 Å². The van der Waals surface area contributed by atoms with Crippen LogP contribution in [0.4, 0.5) is 0 Å². The maximum Gasteiger partial charge on any atom is 0.155 e. The highest BCUT2D eigenvalue weighted by Crippen LogP contribution is 2.33. The Balaban J connectivity index is 2.71. The number of ether oxygens (including phenoxy) is 1. The highest BCUT2D eigenvalue weighted by atomic mass is 32.2. The van der Waals surface area contributed by atoms with Gasteiger partial charge in [-0.1, -0.05) is 13.8 Å². The molecule has 0 amide bonds. The van der Waals surface area contributed by atoms with Crippen LogP contribution in [0.1, 0.15) is 53.9 Å². The van der Waals surface area contributed by atoms with Gasteiger partial charge in [0.25, 0.3) is 0 Å². The summed E-state index contributed by atoms with van der Waals surface area (Å²) >= 11 is 0. The molecule has 1 unspecified atom stereocenters. The molecule has 1 aliphatic rings. The van der Waals surface area contributed by atoms with Crippen LogP contribution >= 0.6 is 0 Å². The number of hydrogen-bond donors (Lipinski definition) is 1. The van der Waals surface area contributed by atoms with E-state index in [-0.39, 0.29) is 11.2 Å². The predicted molar refractivity (Wildman–Crippen MR) is 83.8 cm³/mol. The Bertz CT molecular complexity index is 390. The fraction of sp³-hybridized carbons (Fsp3) is 1.00. The highest BCUT2D eigenvalue weighted by molar-refractivity contribution is 7.92. The molecule has 20 heavy (non-hydrogen) atoms. The van der Waals surface area contributed by atoms with E-state index >= 15 is 0 Å². The first-order chi connectivity index (χ1) is 9.08. The molecule has 0 spiro atoms. The van der Waals surface area contributed by atoms with Crippen molar-refractivity contribution in [2.75, 3.05) is 25.5 Å². The molecule has 0 aromatic heterocycles. The van der Waals surface area contributed by atoms with Crippen molar-refractivity contribution in [2.45, 2.75) is 64.7 Å². The molecule has 1 atom stereocenters. The molecule has 0 aromatic carbocycles. The first-order valence-electron chi connectivity index (χ1n) is 7.61. The number of hydrogen-bond acceptors (Lipinski definition) is 4. The molecular weight excluding hydrogens is 274 g/mol. The van der Waals surface area contributed by atoms with Gasteiger partial charge < -0.3 is 10.1 Å². The van der Waals surface area contributed by atoms with E-state index in [1.54, 1.807) is 20.8 Å². The maximum atomic E-state index is 12.3. The van der Waals surface area contributed by atoms with Crippen molar-refractivity contribution in [3.8, 4) is 0 Å². The zero-order chi connectivity index (χ0) is 15.4. The fourth-order valence-corrected chi connectivity index (χ4v) is 3.73. The molecule has 4 nitrogen and oxygen atoms in total. The summed E-state index contributed by atoms with van der Waals surface area (Å²) in [4.78, 5) is 0. The maximum absolute atomic E-state index is 12.3. The molecule has 0 bridgehead atoms. The van der Waals surface area contributed by atoms with Crippen molar-refractivity contribution >= 4 is 9.84 Å². The minimum absolute atomic E-state index is 0.0269. The predicted octanol–water partition coefficient (Wildman–Crippen LogP) is 2.38. The largest absolute Gasteiger partial charge is 0.381 e. The number of sulfone groups is 1. The summed E-state index contributed by atoms with van der Waals surface area (Å²) < 4.78 is 29.6. The fourth-order valence-electron chi connectivity index (χ4n) is 2.41. The molecule has 5 heteroatoms. The van der Waals surface area contributed by atoms with E-state index in [4.69, 9.17) is 4.74 Å². The van der Waals surface area contributed by atoms with E-state index in [0.717, 1.165) is 26.0 Å². The molecule has 0 aromatic rings. The first kappa shape index (κ1) is 17.9. The Labute approximate surface area is 124 Å². The van der Waals surface area contributed by atoms with E-state index in [0.29, 0.717) is 19.1 Å². The molecule has 120 valence electrons. The second-order valence-corrected chi connectivity index (χ2v) is 10.2. The van der Waals surface area contributed by atoms with Crippen LogP contribution in [0.15, 0.2) is 0 Å². The van der Waals surface area contributed by atoms with Crippen molar-refractivity contribution in [2.24, 2.45) is 5.41 Å². The summed E-state index contributed by atoms with van der Waals surface area (Å²) in [5.41, 5.74) is -0.0269. The Morgan fingerprint density at radius 1 is 1.30 bits per heavy atom. The van der Waals surface area contributed by atoms with Crippen LogP contribution in [-0.4, -0.2) is 44.7 Å². The molecule has 1 saturated heterocycles. The van der Waals surface area contributed by atoms with Gasteiger partial charge in [-0.15, -0.1) is 0 Å². The minimum Gasteiger partial charge on any atom is -0.381 e. The van der Waals surface area contributed by atoms with Crippen LogP contribution in [0.25, 0.3) is 0 Å². The Morgan fingerprint density at radius 3 is 2.40 bits per heavy atom. The summed E-state index contributed by atoms with van der Waals surface area (Å²) in [6.45, 7) is 11.9. The van der Waals surface area contributed by atoms with Crippen molar-refractivity contribution in [1.29, 1.82) is 0 Å². The van der Waals surface area contributed by atoms with Gasteiger partial charge in [0, 0.05) is 24.6 Å². The standard InChI is InChI=1S/C15H31NO3S/c1-13(2)16-11-15(7-6-9-19-12-15)8-10-20(17,18)14(3,4)5/h13,16H,6-12H2,1-5H3. The normalized spacial score (nSPS) is 25.1. The number of rotatable bonds is 6. The number of nitrogens with one attached hydrogen (secondary N) is 1. The Kier molecular flexibility index (Phi) is 6.05. The molecule has 0 aliphatic carbocycles. The van der Waals surface area contributed by atoms with Gasteiger partial charge in [-0.25, -0.2) is 8.42 Å². The second-order valence-electron chi connectivity index (χ2n) is 7.37. The van der Waals surface area contributed by atoms with Crippen LogP contribution in [0.5, 0.6) is 0 Å². The molecule has 0 radical (unpaired) electrons. The second kappa shape index (κ2) is 6.75. The highest BCUT2D eigenvalue weighted by Gasteiger charge is 2.37. The van der Waals surface area contributed by atoms with Crippen LogP contribution < -0.4 is 5.32 Å². The molecule has 1 heterocycles. The van der Waals surface area contributed by atoms with Gasteiger partial charge in [0.1, 0.15) is 0 Å². The third kappa shape index (κ3) is 5.01. The van der Waals surface area contributed by atoms with Gasteiger partial charge in [0.05, 0.1) is 17.1 Å². The third-order valence-electron chi connectivity index (χ3n) is 4.12. The Morgan fingerprint density at radius 2 is 1.95 bits per heavy atom. The smallest absolute Gasteiger partial charge is 0.155 e. The summed E-state index contributed by atoms with van der Waals surface area (Å²) in [6.07, 6.45) is 2.76. The lowest BCUT2D eigenvalue weighted by molar-refractivity contribution is -0.00983. The lowest BCUT2D eigenvalue weighted by Gasteiger charge is -2.38. The van der Waals surface area contributed by atoms with E-state index in [1.807, 2.05) is 0 Å². The average molecular weight is 305 g/mol. The average Bonchev–Trinajstić information content (AvgIpc) is 2.34. The van der Waals surface area contributed by atoms with Crippen LogP contribution in [0.2, 0.25) is 0 Å². The van der Waals surface area contributed by atoms with Gasteiger partial charge in [0.15, 0.2) is 9.84 Å². The van der Waals surface area contributed by atoms with Crippen molar-refractivity contribution in [3.63, 3.8) is 0 Å². The van der Waals surface area contributed by atoms with Gasteiger partial charge >= 0.3 is 0 Å². The summed E-state index contributed by atoms with van der Waals surface area (Å²) in [6, 6.07) is 0.410. The van der Waals surface area contributed by atoms with Crippen molar-refractivity contribution in [3.05, 3.63) is 0 Å². The lowest BCUT2D eigenvalue weighted by atomic mass is 9.80. The molecule has 1 N–H and O–H groups in total. The monoisotopic (exact) mass is 305 g/mol. The molecule has 1 rings (SSSR count). The zero-order valence-electron chi connectivity index (χ0n) is 13.7. The first-order valence-corrected chi connectivity index (χ1v) is 9.27. The molecule has 1 fully saturated rings. The van der Waals surface area contributed by atoms with Gasteiger partial charge in [-0.05, 0) is 40.0 Å². The summed E-state index contributed by atoms with van der Waals surface area (Å²) in [5.74, 6) is 0.250. The molecular formula is C15H31NO3S. The third-order valence-corrected chi connectivity index (χ3v) is 6.73. The van der Waals surface area contributed by atoms with E-state index < -0.39 is 14.6 Å². The topological polar surface area (TPSA) is 55.4 Å². The van der Waals surface area contributed by atoms with Gasteiger partial charge in [-0.2, -0.15) is 0 Å². The molecule has 0 saturated carbocycles. The SMILES string of the molecule is CC(C)NCC1(CCS(=O)(=O)C(C)(C)C)CCCOC1. The van der Waals surface area contributed by atoms with Gasteiger partial charge in [0.2, 0.25) is 0 Å². The van der Waals surface area contributed by atoms with Crippen LogP contribution in [-0.2, 0) is 14.6 Å². The summed E-state index contributed by atoms with van der Waals surface area (Å²) in [5, 5.41) is 3.46. The van der Waals surface area contributed by atoms with E-state index in [1.165, 1.54) is 0 Å².